The first-order valence-electron chi connectivity index (χ1n) is 8.97. The predicted octanol–water partition coefficient (Wildman–Crippen LogP) is 2.33. The summed E-state index contributed by atoms with van der Waals surface area (Å²) in [4.78, 5) is 18.7. The van der Waals surface area contributed by atoms with Gasteiger partial charge in [-0.15, -0.1) is 0 Å². The molecular weight excluding hydrogens is 378 g/mol. The van der Waals surface area contributed by atoms with Crippen molar-refractivity contribution in [2.45, 2.75) is 13.1 Å². The molecule has 152 valence electrons. The van der Waals surface area contributed by atoms with E-state index in [1.807, 2.05) is 61.6 Å². The van der Waals surface area contributed by atoms with Gasteiger partial charge in [-0.25, -0.2) is 14.5 Å². The van der Waals surface area contributed by atoms with E-state index in [0.717, 1.165) is 27.2 Å². The van der Waals surface area contributed by atoms with Gasteiger partial charge in [-0.2, -0.15) is 13.9 Å². The lowest BCUT2D eigenvalue weighted by Gasteiger charge is -2.11. The van der Waals surface area contributed by atoms with Crippen LogP contribution in [0, 0.1) is 0 Å². The van der Waals surface area contributed by atoms with Gasteiger partial charge in [-0.3, -0.25) is 4.57 Å². The van der Waals surface area contributed by atoms with Crippen LogP contribution >= 0.6 is 0 Å². The molecule has 2 aromatic heterocycles. The molecule has 3 rings (SSSR count). The van der Waals surface area contributed by atoms with Crippen LogP contribution in [0.1, 0.15) is 5.56 Å². The molecular formula is C20H22F2N6O. The molecule has 7 nitrogen and oxygen atoms in total. The molecule has 0 unspecified atom stereocenters. The number of nitrogens with two attached hydrogens (primary N) is 1. The number of benzene rings is 1. The van der Waals surface area contributed by atoms with Gasteiger partial charge in [0.1, 0.15) is 12.1 Å². The van der Waals surface area contributed by atoms with Crippen LogP contribution in [0.3, 0.4) is 0 Å². The standard InChI is InChI=1S/C20H22F2N6O/c1-26(2)18-8-7-16(10-24-18)15-5-3-14(4-6-15)11-27-13-25-28(20(27)29)12-17(9-23)19(21)22/h3-8,10,13H,9,11-12,23H2,1-2H3. The van der Waals surface area contributed by atoms with E-state index < -0.39 is 11.8 Å². The Morgan fingerprint density at radius 3 is 2.34 bits per heavy atom. The molecule has 0 atom stereocenters. The second-order valence-corrected chi connectivity index (χ2v) is 6.76. The normalized spacial score (nSPS) is 10.8. The van der Waals surface area contributed by atoms with Crippen molar-refractivity contribution in [1.29, 1.82) is 0 Å². The number of anilines is 1. The Morgan fingerprint density at radius 1 is 1.10 bits per heavy atom. The van der Waals surface area contributed by atoms with Gasteiger partial charge in [0.25, 0.3) is 6.08 Å². The zero-order valence-corrected chi connectivity index (χ0v) is 16.2. The second-order valence-electron chi connectivity index (χ2n) is 6.76. The average Bonchev–Trinajstić information content (AvgIpc) is 3.06. The summed E-state index contributed by atoms with van der Waals surface area (Å²) in [6, 6.07) is 11.7. The average molecular weight is 400 g/mol. The molecule has 0 radical (unpaired) electrons. The first kappa shape index (κ1) is 20.4. The van der Waals surface area contributed by atoms with E-state index in [4.69, 9.17) is 5.73 Å². The van der Waals surface area contributed by atoms with E-state index in [1.165, 1.54) is 10.9 Å². The zero-order valence-electron chi connectivity index (χ0n) is 16.2. The molecule has 0 aliphatic rings. The summed E-state index contributed by atoms with van der Waals surface area (Å²) in [5.74, 6) is 0.877. The number of aromatic nitrogens is 4. The van der Waals surface area contributed by atoms with Gasteiger partial charge in [0.2, 0.25) is 0 Å². The van der Waals surface area contributed by atoms with Crippen molar-refractivity contribution in [3.8, 4) is 11.1 Å². The number of nitrogens with zero attached hydrogens (tertiary/aromatic N) is 5. The monoisotopic (exact) mass is 400 g/mol. The van der Waals surface area contributed by atoms with Crippen LogP contribution in [0.2, 0.25) is 0 Å². The van der Waals surface area contributed by atoms with Crippen molar-refractivity contribution in [1.82, 2.24) is 19.3 Å². The Bertz CT molecular complexity index is 1050. The largest absolute Gasteiger partial charge is 0.363 e. The number of rotatable bonds is 7. The molecule has 0 amide bonds. The van der Waals surface area contributed by atoms with Crippen LogP contribution in [-0.2, 0) is 13.1 Å². The van der Waals surface area contributed by atoms with E-state index in [1.54, 1.807) is 0 Å². The minimum absolute atomic E-state index is 0.288. The van der Waals surface area contributed by atoms with Gasteiger partial charge in [0.15, 0.2) is 0 Å². The highest BCUT2D eigenvalue weighted by atomic mass is 19.3. The number of hydrogen-bond acceptors (Lipinski definition) is 5. The Hall–Kier alpha value is -3.33. The van der Waals surface area contributed by atoms with Gasteiger partial charge in [-0.05, 0) is 23.3 Å². The fourth-order valence-corrected chi connectivity index (χ4v) is 2.79. The zero-order chi connectivity index (χ0) is 21.0. The maximum absolute atomic E-state index is 12.8. The maximum Gasteiger partial charge on any atom is 0.346 e. The van der Waals surface area contributed by atoms with Crippen LogP contribution in [0.4, 0.5) is 14.6 Å². The Kier molecular flexibility index (Phi) is 6.18. The number of pyridine rings is 1. The summed E-state index contributed by atoms with van der Waals surface area (Å²) < 4.78 is 27.9. The Balaban J connectivity index is 1.73. The van der Waals surface area contributed by atoms with Crippen LogP contribution < -0.4 is 16.3 Å². The molecule has 0 aliphatic heterocycles. The van der Waals surface area contributed by atoms with Crippen molar-refractivity contribution in [2.24, 2.45) is 5.73 Å². The number of halogens is 2. The van der Waals surface area contributed by atoms with Crippen molar-refractivity contribution in [2.75, 3.05) is 25.5 Å². The molecule has 2 heterocycles. The molecule has 3 aromatic rings. The van der Waals surface area contributed by atoms with Gasteiger partial charge in [-0.1, -0.05) is 24.3 Å². The Morgan fingerprint density at radius 2 is 1.79 bits per heavy atom. The van der Waals surface area contributed by atoms with Gasteiger partial charge >= 0.3 is 5.69 Å². The summed E-state index contributed by atoms with van der Waals surface area (Å²) in [7, 11) is 3.87. The lowest BCUT2D eigenvalue weighted by atomic mass is 10.1. The molecule has 0 spiro atoms. The molecule has 0 aliphatic carbocycles. The summed E-state index contributed by atoms with van der Waals surface area (Å²) in [5, 5.41) is 3.90. The van der Waals surface area contributed by atoms with Crippen molar-refractivity contribution >= 4 is 5.82 Å². The molecule has 0 saturated carbocycles. The Labute approximate surface area is 166 Å². The van der Waals surface area contributed by atoms with Crippen molar-refractivity contribution in [3.05, 3.63) is 76.6 Å². The first-order chi connectivity index (χ1) is 13.9. The van der Waals surface area contributed by atoms with Crippen LogP contribution in [-0.4, -0.2) is 40.0 Å². The van der Waals surface area contributed by atoms with E-state index >= 15 is 0 Å². The molecule has 9 heteroatoms. The number of hydrogen-bond donors (Lipinski definition) is 1. The van der Waals surface area contributed by atoms with Gasteiger partial charge < -0.3 is 10.6 Å². The summed E-state index contributed by atoms with van der Waals surface area (Å²) in [6.45, 7) is -0.357. The third kappa shape index (κ3) is 4.75. The van der Waals surface area contributed by atoms with E-state index in [0.29, 0.717) is 0 Å². The third-order valence-corrected chi connectivity index (χ3v) is 4.50. The highest BCUT2D eigenvalue weighted by molar-refractivity contribution is 5.64. The van der Waals surface area contributed by atoms with Crippen molar-refractivity contribution < 1.29 is 8.78 Å². The SMILES string of the molecule is CN(C)c1ccc(-c2ccc(Cn3cnn(CC(CN)=C(F)F)c3=O)cc2)cn1. The van der Waals surface area contributed by atoms with Gasteiger partial charge in [0, 0.05) is 38.0 Å². The fraction of sp³-hybridized carbons (Fsp3) is 0.250. The van der Waals surface area contributed by atoms with Gasteiger partial charge in [0.05, 0.1) is 13.1 Å². The molecule has 0 bridgehead atoms. The lowest BCUT2D eigenvalue weighted by molar-refractivity contribution is 0.400. The van der Waals surface area contributed by atoms with Crippen LogP contribution in [0.15, 0.2) is 65.4 Å². The molecule has 29 heavy (non-hydrogen) atoms. The summed E-state index contributed by atoms with van der Waals surface area (Å²) in [6.07, 6.45) is 1.27. The maximum atomic E-state index is 12.8. The fourth-order valence-electron chi connectivity index (χ4n) is 2.79. The lowest BCUT2D eigenvalue weighted by Crippen LogP contribution is -2.27. The minimum atomic E-state index is -1.88. The van der Waals surface area contributed by atoms with Crippen molar-refractivity contribution in [3.63, 3.8) is 0 Å². The first-order valence-corrected chi connectivity index (χ1v) is 8.97. The highest BCUT2D eigenvalue weighted by Crippen LogP contribution is 2.21. The topological polar surface area (TPSA) is 82.0 Å². The van der Waals surface area contributed by atoms with E-state index in [2.05, 4.69) is 10.1 Å². The third-order valence-electron chi connectivity index (χ3n) is 4.50. The van der Waals surface area contributed by atoms with E-state index in [9.17, 15) is 13.6 Å². The summed E-state index contributed by atoms with van der Waals surface area (Å²) in [5.41, 5.74) is 7.40. The molecule has 0 saturated heterocycles. The summed E-state index contributed by atoms with van der Waals surface area (Å²) >= 11 is 0. The molecule has 2 N–H and O–H groups in total. The van der Waals surface area contributed by atoms with Crippen LogP contribution in [0.5, 0.6) is 0 Å². The van der Waals surface area contributed by atoms with Crippen LogP contribution in [0.25, 0.3) is 11.1 Å². The quantitative estimate of drug-likeness (QED) is 0.658. The highest BCUT2D eigenvalue weighted by Gasteiger charge is 2.11. The predicted molar refractivity (Wildman–Crippen MR) is 108 cm³/mol. The molecule has 1 aromatic carbocycles. The van der Waals surface area contributed by atoms with E-state index in [-0.39, 0.29) is 25.2 Å². The minimum Gasteiger partial charge on any atom is -0.363 e. The smallest absolute Gasteiger partial charge is 0.346 e. The molecule has 0 fully saturated rings. The second kappa shape index (κ2) is 8.78.